The van der Waals surface area contributed by atoms with Gasteiger partial charge in [0.2, 0.25) is 0 Å². The SMILES string of the molecule is CC(C)C1C=CCC(C)C1C=O. The Kier molecular flexibility index (Phi) is 3.07. The van der Waals surface area contributed by atoms with Crippen LogP contribution in [-0.4, -0.2) is 6.29 Å². The molecule has 0 saturated heterocycles. The lowest BCUT2D eigenvalue weighted by Crippen LogP contribution is -2.28. The van der Waals surface area contributed by atoms with E-state index in [0.29, 0.717) is 17.8 Å². The molecule has 1 aliphatic carbocycles. The smallest absolute Gasteiger partial charge is 0.123 e. The molecule has 3 unspecified atom stereocenters. The highest BCUT2D eigenvalue weighted by atomic mass is 16.1. The Bertz CT molecular complexity index is 181. The summed E-state index contributed by atoms with van der Waals surface area (Å²) in [6, 6.07) is 0. The van der Waals surface area contributed by atoms with Gasteiger partial charge in [-0.15, -0.1) is 0 Å². The van der Waals surface area contributed by atoms with Gasteiger partial charge in [0.15, 0.2) is 0 Å². The van der Waals surface area contributed by atoms with Gasteiger partial charge in [0.1, 0.15) is 6.29 Å². The zero-order valence-electron chi connectivity index (χ0n) is 8.16. The van der Waals surface area contributed by atoms with Crippen molar-refractivity contribution in [2.75, 3.05) is 0 Å². The normalized spacial score (nSPS) is 35.5. The Morgan fingerprint density at radius 1 is 1.50 bits per heavy atom. The lowest BCUT2D eigenvalue weighted by Gasteiger charge is -2.31. The first kappa shape index (κ1) is 9.50. The molecular weight excluding hydrogens is 148 g/mol. The lowest BCUT2D eigenvalue weighted by atomic mass is 9.73. The van der Waals surface area contributed by atoms with Gasteiger partial charge in [-0.3, -0.25) is 0 Å². The third-order valence-corrected chi connectivity index (χ3v) is 2.89. The Morgan fingerprint density at radius 2 is 2.17 bits per heavy atom. The van der Waals surface area contributed by atoms with E-state index >= 15 is 0 Å². The second-order valence-corrected chi connectivity index (χ2v) is 4.18. The quantitative estimate of drug-likeness (QED) is 0.455. The standard InChI is InChI=1S/C11H18O/c1-8(2)10-6-4-5-9(3)11(10)7-12/h4,6-11H,5H2,1-3H3. The molecule has 0 aromatic heterocycles. The van der Waals surface area contributed by atoms with Crippen molar-refractivity contribution in [2.24, 2.45) is 23.7 Å². The van der Waals surface area contributed by atoms with Crippen molar-refractivity contribution in [3.8, 4) is 0 Å². The minimum Gasteiger partial charge on any atom is -0.303 e. The summed E-state index contributed by atoms with van der Waals surface area (Å²) in [6.45, 7) is 6.53. The van der Waals surface area contributed by atoms with Gasteiger partial charge in [-0.25, -0.2) is 0 Å². The molecular formula is C11H18O. The predicted molar refractivity (Wildman–Crippen MR) is 50.8 cm³/mol. The van der Waals surface area contributed by atoms with E-state index in [-0.39, 0.29) is 5.92 Å². The summed E-state index contributed by atoms with van der Waals surface area (Å²) in [5.41, 5.74) is 0. The lowest BCUT2D eigenvalue weighted by molar-refractivity contribution is -0.114. The summed E-state index contributed by atoms with van der Waals surface area (Å²) in [4.78, 5) is 10.9. The first-order chi connectivity index (χ1) is 5.66. The van der Waals surface area contributed by atoms with Crippen LogP contribution in [0.5, 0.6) is 0 Å². The van der Waals surface area contributed by atoms with E-state index in [1.54, 1.807) is 0 Å². The Morgan fingerprint density at radius 3 is 2.58 bits per heavy atom. The average molecular weight is 166 g/mol. The van der Waals surface area contributed by atoms with E-state index in [4.69, 9.17) is 0 Å². The number of carbonyl (C=O) groups is 1. The molecule has 0 aromatic rings. The molecule has 0 heterocycles. The molecule has 1 nitrogen and oxygen atoms in total. The van der Waals surface area contributed by atoms with Gasteiger partial charge in [0, 0.05) is 5.92 Å². The first-order valence-electron chi connectivity index (χ1n) is 4.78. The third-order valence-electron chi connectivity index (χ3n) is 2.89. The maximum absolute atomic E-state index is 10.9. The summed E-state index contributed by atoms with van der Waals surface area (Å²) in [5, 5.41) is 0. The Balaban J connectivity index is 2.76. The fourth-order valence-corrected chi connectivity index (χ4v) is 2.01. The van der Waals surface area contributed by atoms with Gasteiger partial charge in [-0.05, 0) is 24.2 Å². The Labute approximate surface area is 74.9 Å². The van der Waals surface area contributed by atoms with Crippen molar-refractivity contribution in [1.82, 2.24) is 0 Å². The number of hydrogen-bond acceptors (Lipinski definition) is 1. The molecule has 12 heavy (non-hydrogen) atoms. The molecule has 0 N–H and O–H groups in total. The fourth-order valence-electron chi connectivity index (χ4n) is 2.01. The van der Waals surface area contributed by atoms with Gasteiger partial charge in [0.05, 0.1) is 0 Å². The van der Waals surface area contributed by atoms with Crippen LogP contribution in [0.2, 0.25) is 0 Å². The highest BCUT2D eigenvalue weighted by Gasteiger charge is 2.28. The molecule has 0 aromatic carbocycles. The van der Waals surface area contributed by atoms with Crippen LogP contribution in [0.1, 0.15) is 27.2 Å². The molecule has 68 valence electrons. The molecule has 0 bridgehead atoms. The summed E-state index contributed by atoms with van der Waals surface area (Å²) < 4.78 is 0. The maximum Gasteiger partial charge on any atom is 0.123 e. The van der Waals surface area contributed by atoms with Crippen LogP contribution in [0.25, 0.3) is 0 Å². The van der Waals surface area contributed by atoms with E-state index in [1.165, 1.54) is 0 Å². The second kappa shape index (κ2) is 3.88. The Hall–Kier alpha value is -0.590. The molecule has 1 aliphatic rings. The molecule has 0 radical (unpaired) electrons. The minimum absolute atomic E-state index is 0.245. The summed E-state index contributed by atoms with van der Waals surface area (Å²) in [5.74, 6) is 1.82. The van der Waals surface area contributed by atoms with E-state index in [0.717, 1.165) is 12.7 Å². The number of hydrogen-bond donors (Lipinski definition) is 0. The molecule has 1 heteroatoms. The van der Waals surface area contributed by atoms with Crippen molar-refractivity contribution in [3.63, 3.8) is 0 Å². The highest BCUT2D eigenvalue weighted by Crippen LogP contribution is 2.32. The van der Waals surface area contributed by atoms with Crippen molar-refractivity contribution in [2.45, 2.75) is 27.2 Å². The van der Waals surface area contributed by atoms with Crippen LogP contribution < -0.4 is 0 Å². The van der Waals surface area contributed by atoms with Crippen LogP contribution in [0, 0.1) is 23.7 Å². The van der Waals surface area contributed by atoms with Crippen LogP contribution >= 0.6 is 0 Å². The van der Waals surface area contributed by atoms with Crippen LogP contribution in [0.4, 0.5) is 0 Å². The van der Waals surface area contributed by atoms with E-state index in [1.807, 2.05) is 0 Å². The number of allylic oxidation sites excluding steroid dienone is 2. The van der Waals surface area contributed by atoms with E-state index in [9.17, 15) is 4.79 Å². The van der Waals surface area contributed by atoms with E-state index in [2.05, 4.69) is 32.9 Å². The van der Waals surface area contributed by atoms with Crippen LogP contribution in [-0.2, 0) is 4.79 Å². The largest absolute Gasteiger partial charge is 0.303 e. The number of aldehydes is 1. The van der Waals surface area contributed by atoms with Gasteiger partial charge < -0.3 is 4.79 Å². The summed E-state index contributed by atoms with van der Waals surface area (Å²) in [6.07, 6.45) is 6.63. The second-order valence-electron chi connectivity index (χ2n) is 4.18. The molecule has 0 spiro atoms. The van der Waals surface area contributed by atoms with Crippen molar-refractivity contribution < 1.29 is 4.79 Å². The average Bonchev–Trinajstić information content (AvgIpc) is 2.03. The third kappa shape index (κ3) is 1.77. The van der Waals surface area contributed by atoms with Gasteiger partial charge in [-0.1, -0.05) is 32.9 Å². The summed E-state index contributed by atoms with van der Waals surface area (Å²) >= 11 is 0. The van der Waals surface area contributed by atoms with Crippen molar-refractivity contribution in [3.05, 3.63) is 12.2 Å². The monoisotopic (exact) mass is 166 g/mol. The highest BCUT2D eigenvalue weighted by molar-refractivity contribution is 5.55. The zero-order chi connectivity index (χ0) is 9.14. The fraction of sp³-hybridized carbons (Fsp3) is 0.727. The van der Waals surface area contributed by atoms with Crippen molar-refractivity contribution in [1.29, 1.82) is 0 Å². The topological polar surface area (TPSA) is 17.1 Å². The molecule has 0 amide bonds. The van der Waals surface area contributed by atoms with Crippen LogP contribution in [0.3, 0.4) is 0 Å². The van der Waals surface area contributed by atoms with Crippen LogP contribution in [0.15, 0.2) is 12.2 Å². The molecule has 0 aliphatic heterocycles. The minimum atomic E-state index is 0.245. The summed E-state index contributed by atoms with van der Waals surface area (Å²) in [7, 11) is 0. The first-order valence-corrected chi connectivity index (χ1v) is 4.78. The zero-order valence-corrected chi connectivity index (χ0v) is 8.16. The van der Waals surface area contributed by atoms with Gasteiger partial charge >= 0.3 is 0 Å². The van der Waals surface area contributed by atoms with Gasteiger partial charge in [0.25, 0.3) is 0 Å². The van der Waals surface area contributed by atoms with Crippen molar-refractivity contribution >= 4 is 6.29 Å². The number of carbonyl (C=O) groups excluding carboxylic acids is 1. The molecule has 0 fully saturated rings. The number of rotatable bonds is 2. The molecule has 1 rings (SSSR count). The molecule has 0 saturated carbocycles. The molecule has 3 atom stereocenters. The van der Waals surface area contributed by atoms with E-state index < -0.39 is 0 Å². The van der Waals surface area contributed by atoms with Gasteiger partial charge in [-0.2, -0.15) is 0 Å². The predicted octanol–water partition coefficient (Wildman–Crippen LogP) is 2.67. The maximum atomic E-state index is 10.9.